The van der Waals surface area contributed by atoms with Gasteiger partial charge in [0.05, 0.1) is 0 Å². The number of ether oxygens (including phenoxy) is 1. The molecule has 0 spiro atoms. The zero-order valence-corrected chi connectivity index (χ0v) is 8.29. The van der Waals surface area contributed by atoms with Gasteiger partial charge in [0, 0.05) is 0 Å². The zero-order valence-electron chi connectivity index (χ0n) is 8.29. The Labute approximate surface area is 77.9 Å². The van der Waals surface area contributed by atoms with Crippen LogP contribution in [0.25, 0.3) is 0 Å². The fourth-order valence-corrected chi connectivity index (χ4v) is 0.829. The van der Waals surface area contributed by atoms with Crippen molar-refractivity contribution in [2.45, 2.75) is 45.6 Å². The summed E-state index contributed by atoms with van der Waals surface area (Å²) in [5, 5.41) is 8.33. The largest absolute Gasteiger partial charge is 0.481 e. The summed E-state index contributed by atoms with van der Waals surface area (Å²) in [5.74, 6) is -1.82. The molecule has 0 unspecified atom stereocenters. The maximum Gasteiger partial charge on any atom is 0.317 e. The van der Waals surface area contributed by atoms with E-state index in [1.807, 2.05) is 13.8 Å². The molecule has 76 valence electrons. The van der Waals surface area contributed by atoms with E-state index in [0.717, 1.165) is 0 Å². The van der Waals surface area contributed by atoms with E-state index in [1.165, 1.54) is 0 Å². The van der Waals surface area contributed by atoms with Gasteiger partial charge in [-0.1, -0.05) is 13.8 Å². The van der Waals surface area contributed by atoms with Crippen molar-refractivity contribution in [1.82, 2.24) is 0 Å². The number of aliphatic carboxylic acids is 1. The Morgan fingerprint density at radius 2 is 1.77 bits per heavy atom. The highest BCUT2D eigenvalue weighted by molar-refractivity contribution is 5.90. The molecule has 0 aromatic heterocycles. The van der Waals surface area contributed by atoms with Crippen LogP contribution in [0.4, 0.5) is 0 Å². The molecule has 13 heavy (non-hydrogen) atoms. The minimum absolute atomic E-state index is 0.521. The Balaban J connectivity index is 4.09. The van der Waals surface area contributed by atoms with Crippen LogP contribution in [0.2, 0.25) is 0 Å². The van der Waals surface area contributed by atoms with Crippen LogP contribution in [0.5, 0.6) is 0 Å². The van der Waals surface area contributed by atoms with E-state index in [2.05, 4.69) is 0 Å². The van der Waals surface area contributed by atoms with Crippen molar-refractivity contribution < 1.29 is 19.4 Å². The molecule has 0 radical (unpaired) electrons. The van der Waals surface area contributed by atoms with Gasteiger partial charge in [-0.05, 0) is 19.8 Å². The molecule has 0 saturated carbocycles. The first kappa shape index (κ1) is 11.9. The monoisotopic (exact) mass is 188 g/mol. The Morgan fingerprint density at radius 1 is 1.31 bits per heavy atom. The van der Waals surface area contributed by atoms with Gasteiger partial charge in [-0.2, -0.15) is 0 Å². The molecular weight excluding hydrogens is 172 g/mol. The molecule has 0 aromatic rings. The molecule has 4 nitrogen and oxygen atoms in total. The summed E-state index contributed by atoms with van der Waals surface area (Å²) in [7, 11) is 0. The molecule has 0 amide bonds. The summed E-state index contributed by atoms with van der Waals surface area (Å²) in [6.45, 7) is 5.60. The highest BCUT2D eigenvalue weighted by Crippen LogP contribution is 2.19. The van der Waals surface area contributed by atoms with Crippen LogP contribution in [0.15, 0.2) is 0 Å². The first-order valence-electron chi connectivity index (χ1n) is 4.37. The molecule has 1 N–H and O–H groups in total. The van der Waals surface area contributed by atoms with E-state index >= 15 is 0 Å². The fraction of sp³-hybridized carbons (Fsp3) is 0.778. The molecule has 0 fully saturated rings. The maximum absolute atomic E-state index is 11.0. The number of carbonyl (C=O) groups is 2. The minimum Gasteiger partial charge on any atom is -0.481 e. The van der Waals surface area contributed by atoms with E-state index in [9.17, 15) is 9.59 Å². The van der Waals surface area contributed by atoms with E-state index in [4.69, 9.17) is 9.84 Å². The fourth-order valence-electron chi connectivity index (χ4n) is 0.829. The number of hydrogen-bond acceptors (Lipinski definition) is 3. The lowest BCUT2D eigenvalue weighted by molar-refractivity contribution is -0.162. The highest BCUT2D eigenvalue weighted by Gasteiger charge is 2.25. The predicted molar refractivity (Wildman–Crippen MR) is 47.3 cm³/mol. The van der Waals surface area contributed by atoms with Crippen molar-refractivity contribution in [3.05, 3.63) is 0 Å². The summed E-state index contributed by atoms with van der Waals surface area (Å²) in [4.78, 5) is 21.2. The molecule has 0 aliphatic rings. The van der Waals surface area contributed by atoms with Crippen LogP contribution in [-0.2, 0) is 14.3 Å². The average molecular weight is 188 g/mol. The van der Waals surface area contributed by atoms with E-state index in [0.29, 0.717) is 12.8 Å². The Kier molecular flexibility index (Phi) is 4.45. The average Bonchev–Trinajstić information content (AvgIpc) is 2.02. The van der Waals surface area contributed by atoms with Gasteiger partial charge in [0.1, 0.15) is 12.0 Å². The topological polar surface area (TPSA) is 63.6 Å². The second-order valence-electron chi connectivity index (χ2n) is 3.20. The number of carboxylic acids is 1. The lowest BCUT2D eigenvalue weighted by Crippen LogP contribution is -2.30. The van der Waals surface area contributed by atoms with Crippen LogP contribution in [0.3, 0.4) is 0 Å². The van der Waals surface area contributed by atoms with E-state index in [1.54, 1.807) is 6.92 Å². The lowest BCUT2D eigenvalue weighted by atomic mass is 10.0. The highest BCUT2D eigenvalue weighted by atomic mass is 16.6. The van der Waals surface area contributed by atoms with Gasteiger partial charge in [-0.25, -0.2) is 0 Å². The van der Waals surface area contributed by atoms with Crippen molar-refractivity contribution >= 4 is 11.9 Å². The first-order chi connectivity index (χ1) is 5.93. The van der Waals surface area contributed by atoms with Crippen molar-refractivity contribution in [2.24, 2.45) is 0 Å². The molecule has 0 heterocycles. The lowest BCUT2D eigenvalue weighted by Gasteiger charge is -2.26. The number of hydrogen-bond donors (Lipinski definition) is 1. The van der Waals surface area contributed by atoms with Crippen molar-refractivity contribution in [3.63, 3.8) is 0 Å². The third-order valence-corrected chi connectivity index (χ3v) is 2.15. The normalized spacial score (nSPS) is 11.0. The summed E-state index contributed by atoms with van der Waals surface area (Å²) in [5.41, 5.74) is -0.521. The van der Waals surface area contributed by atoms with Crippen LogP contribution >= 0.6 is 0 Å². The van der Waals surface area contributed by atoms with Gasteiger partial charge in [-0.15, -0.1) is 0 Å². The zero-order chi connectivity index (χ0) is 10.5. The quantitative estimate of drug-likeness (QED) is 0.525. The Bertz CT molecular complexity index is 194. The number of rotatable bonds is 5. The molecule has 4 heteroatoms. The van der Waals surface area contributed by atoms with Crippen LogP contribution in [0.1, 0.15) is 40.0 Å². The number of carboxylic acid groups (broad SMARTS) is 1. The van der Waals surface area contributed by atoms with E-state index < -0.39 is 24.0 Å². The molecule has 0 rings (SSSR count). The third-order valence-electron chi connectivity index (χ3n) is 2.15. The molecular formula is C9H16O4. The summed E-state index contributed by atoms with van der Waals surface area (Å²) >= 11 is 0. The summed E-state index contributed by atoms with van der Waals surface area (Å²) < 4.78 is 5.03. The van der Waals surface area contributed by atoms with Gasteiger partial charge < -0.3 is 9.84 Å². The smallest absolute Gasteiger partial charge is 0.317 e. The Morgan fingerprint density at radius 3 is 2.08 bits per heavy atom. The molecule has 0 bridgehead atoms. The van der Waals surface area contributed by atoms with Crippen molar-refractivity contribution in [2.75, 3.05) is 0 Å². The minimum atomic E-state index is -1.15. The van der Waals surface area contributed by atoms with Gasteiger partial charge in [-0.3, -0.25) is 9.59 Å². The van der Waals surface area contributed by atoms with Crippen LogP contribution in [0, 0.1) is 0 Å². The SMILES string of the molecule is CCC(C)(CC)OC(=O)CC(=O)O. The second kappa shape index (κ2) is 4.84. The van der Waals surface area contributed by atoms with Gasteiger partial charge in [0.2, 0.25) is 0 Å². The predicted octanol–water partition coefficient (Wildman–Crippen LogP) is 1.58. The molecule has 0 aliphatic heterocycles. The second-order valence-corrected chi connectivity index (χ2v) is 3.20. The summed E-state index contributed by atoms with van der Waals surface area (Å²) in [6.07, 6.45) is 0.819. The molecule has 0 saturated heterocycles. The molecule has 0 aliphatic carbocycles. The van der Waals surface area contributed by atoms with Crippen LogP contribution in [-0.4, -0.2) is 22.6 Å². The standard InChI is InChI=1S/C9H16O4/c1-4-9(3,5-2)13-8(12)6-7(10)11/h4-6H2,1-3H3,(H,10,11). The number of esters is 1. The molecule has 0 aromatic carbocycles. The van der Waals surface area contributed by atoms with E-state index in [-0.39, 0.29) is 0 Å². The Hall–Kier alpha value is -1.06. The maximum atomic E-state index is 11.0. The van der Waals surface area contributed by atoms with Crippen molar-refractivity contribution in [3.8, 4) is 0 Å². The van der Waals surface area contributed by atoms with Crippen molar-refractivity contribution in [1.29, 1.82) is 0 Å². The van der Waals surface area contributed by atoms with Gasteiger partial charge >= 0.3 is 11.9 Å². The van der Waals surface area contributed by atoms with Crippen LogP contribution < -0.4 is 0 Å². The molecule has 0 atom stereocenters. The first-order valence-corrected chi connectivity index (χ1v) is 4.37. The third kappa shape index (κ3) is 4.50. The number of carbonyl (C=O) groups excluding carboxylic acids is 1. The van der Waals surface area contributed by atoms with Gasteiger partial charge in [0.15, 0.2) is 0 Å². The summed E-state index contributed by atoms with van der Waals surface area (Å²) in [6, 6.07) is 0. The van der Waals surface area contributed by atoms with Gasteiger partial charge in [0.25, 0.3) is 0 Å².